The van der Waals surface area contributed by atoms with Crippen LogP contribution in [0.15, 0.2) is 30.3 Å². The van der Waals surface area contributed by atoms with Crippen molar-refractivity contribution < 1.29 is 0 Å². The van der Waals surface area contributed by atoms with Crippen LogP contribution in [0.4, 0.5) is 0 Å². The number of allylic oxidation sites excluding steroid dienone is 2. The second-order valence-electron chi connectivity index (χ2n) is 4.60. The van der Waals surface area contributed by atoms with E-state index >= 15 is 0 Å². The maximum atomic E-state index is 5.87. The largest absolute Gasteiger partial charge is 0.0843 e. The van der Waals surface area contributed by atoms with Gasteiger partial charge in [-0.3, -0.25) is 0 Å². The Kier molecular flexibility index (Phi) is 7.04. The van der Waals surface area contributed by atoms with Gasteiger partial charge in [-0.2, -0.15) is 0 Å². The molecular formula is C16H23Cl. The van der Waals surface area contributed by atoms with Crippen molar-refractivity contribution in [2.75, 3.05) is 0 Å². The molecule has 1 aromatic rings. The number of rotatable bonds is 7. The fourth-order valence-electron chi connectivity index (χ4n) is 1.90. The Morgan fingerprint density at radius 2 is 1.71 bits per heavy atom. The van der Waals surface area contributed by atoms with Gasteiger partial charge in [0.2, 0.25) is 0 Å². The van der Waals surface area contributed by atoms with Gasteiger partial charge in [0.15, 0.2) is 0 Å². The second kappa shape index (κ2) is 8.36. The molecule has 0 atom stereocenters. The van der Waals surface area contributed by atoms with Crippen LogP contribution in [-0.4, -0.2) is 0 Å². The van der Waals surface area contributed by atoms with Crippen LogP contribution >= 0.6 is 11.6 Å². The van der Waals surface area contributed by atoms with Gasteiger partial charge in [0, 0.05) is 5.02 Å². The van der Waals surface area contributed by atoms with E-state index in [4.69, 9.17) is 11.6 Å². The zero-order valence-electron chi connectivity index (χ0n) is 11.0. The molecule has 0 amide bonds. The Morgan fingerprint density at radius 1 is 1.06 bits per heavy atom. The van der Waals surface area contributed by atoms with E-state index in [0.717, 1.165) is 5.02 Å². The van der Waals surface area contributed by atoms with E-state index < -0.39 is 0 Å². The Hall–Kier alpha value is -0.750. The molecular weight excluding hydrogens is 228 g/mol. The predicted molar refractivity (Wildman–Crippen MR) is 78.5 cm³/mol. The van der Waals surface area contributed by atoms with Crippen LogP contribution in [0.25, 0.3) is 5.57 Å². The lowest BCUT2D eigenvalue weighted by Gasteiger charge is -2.02. The van der Waals surface area contributed by atoms with Crippen molar-refractivity contribution in [1.29, 1.82) is 0 Å². The average Bonchev–Trinajstić information content (AvgIpc) is 2.34. The van der Waals surface area contributed by atoms with Crippen LogP contribution in [0.1, 0.15) is 57.9 Å². The van der Waals surface area contributed by atoms with E-state index in [-0.39, 0.29) is 0 Å². The summed E-state index contributed by atoms with van der Waals surface area (Å²) in [6.07, 6.45) is 10.3. The molecule has 1 rings (SSSR count). The smallest absolute Gasteiger partial charge is 0.0406 e. The third-order valence-electron chi connectivity index (χ3n) is 3.06. The van der Waals surface area contributed by atoms with Gasteiger partial charge >= 0.3 is 0 Å². The van der Waals surface area contributed by atoms with Gasteiger partial charge in [-0.05, 0) is 43.0 Å². The molecule has 94 valence electrons. The lowest BCUT2D eigenvalue weighted by Crippen LogP contribution is -1.80. The van der Waals surface area contributed by atoms with Crippen LogP contribution in [0.2, 0.25) is 5.02 Å². The highest BCUT2D eigenvalue weighted by Gasteiger charge is 1.95. The molecule has 0 aliphatic heterocycles. The topological polar surface area (TPSA) is 0 Å². The van der Waals surface area contributed by atoms with Gasteiger partial charge in [0.1, 0.15) is 0 Å². The maximum absolute atomic E-state index is 5.87. The molecule has 0 N–H and O–H groups in total. The second-order valence-corrected chi connectivity index (χ2v) is 5.03. The van der Waals surface area contributed by atoms with Gasteiger partial charge in [-0.1, -0.05) is 62.4 Å². The molecule has 0 aliphatic rings. The van der Waals surface area contributed by atoms with Gasteiger partial charge < -0.3 is 0 Å². The zero-order valence-corrected chi connectivity index (χ0v) is 11.8. The lowest BCUT2D eigenvalue weighted by atomic mass is 10.0. The summed E-state index contributed by atoms with van der Waals surface area (Å²) >= 11 is 5.87. The molecule has 0 spiro atoms. The van der Waals surface area contributed by atoms with E-state index in [9.17, 15) is 0 Å². The highest BCUT2D eigenvalue weighted by atomic mass is 35.5. The summed E-state index contributed by atoms with van der Waals surface area (Å²) in [5.41, 5.74) is 2.64. The molecule has 0 nitrogen and oxygen atoms in total. The van der Waals surface area contributed by atoms with Gasteiger partial charge in [0.05, 0.1) is 0 Å². The summed E-state index contributed by atoms with van der Waals surface area (Å²) in [6.45, 7) is 4.43. The predicted octanol–water partition coefficient (Wildman–Crippen LogP) is 6.10. The highest BCUT2D eigenvalue weighted by Crippen LogP contribution is 2.18. The SMILES string of the molecule is CCCCCCC/C=C(\C)c1ccc(Cl)cc1. The first kappa shape index (κ1) is 14.3. The van der Waals surface area contributed by atoms with Crippen LogP contribution in [0.5, 0.6) is 0 Å². The number of benzene rings is 1. The molecule has 0 aliphatic carbocycles. The highest BCUT2D eigenvalue weighted by molar-refractivity contribution is 6.30. The Balaban J connectivity index is 2.31. The first-order valence-corrected chi connectivity index (χ1v) is 7.04. The lowest BCUT2D eigenvalue weighted by molar-refractivity contribution is 0.637. The molecule has 0 aromatic heterocycles. The summed E-state index contributed by atoms with van der Waals surface area (Å²) in [7, 11) is 0. The summed E-state index contributed by atoms with van der Waals surface area (Å²) in [5.74, 6) is 0. The summed E-state index contributed by atoms with van der Waals surface area (Å²) in [4.78, 5) is 0. The molecule has 0 saturated heterocycles. The summed E-state index contributed by atoms with van der Waals surface area (Å²) < 4.78 is 0. The van der Waals surface area contributed by atoms with E-state index in [1.54, 1.807) is 0 Å². The number of hydrogen-bond acceptors (Lipinski definition) is 0. The van der Waals surface area contributed by atoms with Crippen molar-refractivity contribution >= 4 is 17.2 Å². The van der Waals surface area contributed by atoms with Gasteiger partial charge in [0.25, 0.3) is 0 Å². The van der Waals surface area contributed by atoms with Crippen LogP contribution < -0.4 is 0 Å². The van der Waals surface area contributed by atoms with Crippen molar-refractivity contribution in [2.45, 2.75) is 52.4 Å². The zero-order chi connectivity index (χ0) is 12.5. The van der Waals surface area contributed by atoms with Gasteiger partial charge in [-0.25, -0.2) is 0 Å². The first-order chi connectivity index (χ1) is 8.24. The van der Waals surface area contributed by atoms with Crippen molar-refractivity contribution in [3.05, 3.63) is 40.9 Å². The molecule has 0 saturated carbocycles. The maximum Gasteiger partial charge on any atom is 0.0406 e. The minimum Gasteiger partial charge on any atom is -0.0843 e. The summed E-state index contributed by atoms with van der Waals surface area (Å²) in [5, 5.41) is 0.807. The first-order valence-electron chi connectivity index (χ1n) is 6.66. The molecule has 17 heavy (non-hydrogen) atoms. The average molecular weight is 251 g/mol. The van der Waals surface area contributed by atoms with E-state index in [1.165, 1.54) is 49.7 Å². The Bertz CT molecular complexity index is 335. The van der Waals surface area contributed by atoms with Crippen molar-refractivity contribution in [1.82, 2.24) is 0 Å². The van der Waals surface area contributed by atoms with Crippen molar-refractivity contribution in [2.24, 2.45) is 0 Å². The van der Waals surface area contributed by atoms with Crippen molar-refractivity contribution in [3.63, 3.8) is 0 Å². The third-order valence-corrected chi connectivity index (χ3v) is 3.31. The quantitative estimate of drug-likeness (QED) is 0.513. The molecule has 1 heteroatoms. The van der Waals surface area contributed by atoms with Crippen LogP contribution in [-0.2, 0) is 0 Å². The van der Waals surface area contributed by atoms with Crippen LogP contribution in [0, 0.1) is 0 Å². The molecule has 0 bridgehead atoms. The fourth-order valence-corrected chi connectivity index (χ4v) is 2.02. The molecule has 0 fully saturated rings. The van der Waals surface area contributed by atoms with E-state index in [2.05, 4.69) is 32.1 Å². The van der Waals surface area contributed by atoms with Crippen molar-refractivity contribution in [3.8, 4) is 0 Å². The Labute approximate surface area is 111 Å². The number of halogens is 1. The number of hydrogen-bond donors (Lipinski definition) is 0. The van der Waals surface area contributed by atoms with E-state index in [1.807, 2.05) is 12.1 Å². The molecule has 0 unspecified atom stereocenters. The fraction of sp³-hybridized carbons (Fsp3) is 0.500. The number of unbranched alkanes of at least 4 members (excludes halogenated alkanes) is 5. The molecule has 0 heterocycles. The standard InChI is InChI=1S/C16H23Cl/c1-3-4-5-6-7-8-9-14(2)15-10-12-16(17)13-11-15/h9-13H,3-8H2,1-2H3/b14-9+. The summed E-state index contributed by atoms with van der Waals surface area (Å²) in [6, 6.07) is 8.08. The Morgan fingerprint density at radius 3 is 2.35 bits per heavy atom. The van der Waals surface area contributed by atoms with Crippen LogP contribution in [0.3, 0.4) is 0 Å². The van der Waals surface area contributed by atoms with Gasteiger partial charge in [-0.15, -0.1) is 0 Å². The normalized spacial score (nSPS) is 11.8. The third kappa shape index (κ3) is 5.93. The molecule has 0 radical (unpaired) electrons. The van der Waals surface area contributed by atoms with E-state index in [0.29, 0.717) is 0 Å². The monoisotopic (exact) mass is 250 g/mol. The minimum absolute atomic E-state index is 0.807. The minimum atomic E-state index is 0.807. The molecule has 1 aromatic carbocycles.